The molecule has 0 saturated carbocycles. The summed E-state index contributed by atoms with van der Waals surface area (Å²) in [5.74, 6) is -3.05. The molecular formula is C35H40F3N7O5S. The molecule has 3 fully saturated rings. The van der Waals surface area contributed by atoms with Crippen molar-refractivity contribution in [3.05, 3.63) is 66.5 Å². The maximum Gasteiger partial charge on any atom is 0.317 e. The van der Waals surface area contributed by atoms with Crippen LogP contribution in [0.25, 0.3) is 22.2 Å². The van der Waals surface area contributed by atoms with Crippen LogP contribution in [0.1, 0.15) is 19.3 Å². The van der Waals surface area contributed by atoms with Gasteiger partial charge < -0.3 is 19.7 Å². The third-order valence-electron chi connectivity index (χ3n) is 9.97. The number of nitrogens with one attached hydrogen (secondary N) is 1. The Bertz CT molecular complexity index is 1880. The van der Waals surface area contributed by atoms with Crippen LogP contribution in [-0.2, 0) is 16.1 Å². The first-order valence-electron chi connectivity index (χ1n) is 17.1. The van der Waals surface area contributed by atoms with Gasteiger partial charge in [-0.05, 0) is 74.2 Å². The number of hydrogen-bond acceptors (Lipinski definition) is 8. The van der Waals surface area contributed by atoms with E-state index in [1.807, 2.05) is 23.1 Å². The van der Waals surface area contributed by atoms with Gasteiger partial charge in [0.2, 0.25) is 5.75 Å². The number of carbonyl (C=O) groups is 1. The molecule has 2 atom stereocenters. The highest BCUT2D eigenvalue weighted by Gasteiger charge is 2.33. The molecule has 1 unspecified atom stereocenters. The summed E-state index contributed by atoms with van der Waals surface area (Å²) < 4.78 is 73.2. The molecule has 4 aromatic rings. The molecular weight excluding hydrogens is 687 g/mol. The lowest BCUT2D eigenvalue weighted by Gasteiger charge is -2.39. The Morgan fingerprint density at radius 3 is 2.39 bits per heavy atom. The zero-order valence-corrected chi connectivity index (χ0v) is 28.7. The second kappa shape index (κ2) is 15.2. The first-order valence-corrected chi connectivity index (χ1v) is 18.1. The largest absolute Gasteiger partial charge is 0.480 e. The average Bonchev–Trinajstić information content (AvgIpc) is 3.74. The van der Waals surface area contributed by atoms with Gasteiger partial charge in [0.1, 0.15) is 17.5 Å². The number of likely N-dealkylation sites (tertiary alicyclic amines) is 1. The lowest BCUT2D eigenvalue weighted by Crippen LogP contribution is -2.49. The van der Waals surface area contributed by atoms with E-state index >= 15 is 4.39 Å². The number of hydrazine groups is 1. The van der Waals surface area contributed by atoms with Gasteiger partial charge >= 0.3 is 5.97 Å². The number of rotatable bonds is 11. The van der Waals surface area contributed by atoms with Gasteiger partial charge in [-0.15, -0.1) is 0 Å². The van der Waals surface area contributed by atoms with Gasteiger partial charge in [0.15, 0.2) is 17.4 Å². The molecule has 3 N–H and O–H groups in total. The number of carboxylic acids is 1. The number of pyridine rings is 1. The van der Waals surface area contributed by atoms with Gasteiger partial charge in [0, 0.05) is 62.9 Å². The third-order valence-corrected chi connectivity index (χ3v) is 10.7. The quantitative estimate of drug-likeness (QED) is 0.179. The number of aromatic amines is 1. The highest BCUT2D eigenvalue weighted by atomic mass is 32.2. The molecule has 5 heterocycles. The summed E-state index contributed by atoms with van der Waals surface area (Å²) in [4.78, 5) is 25.3. The molecule has 0 bridgehead atoms. The number of nitrogens with zero attached hydrogens (tertiary/aromatic N) is 6. The Morgan fingerprint density at radius 2 is 1.73 bits per heavy atom. The number of benzene rings is 2. The number of anilines is 2. The number of carboxylic acid groups (broad SMARTS) is 1. The van der Waals surface area contributed by atoms with E-state index in [1.165, 1.54) is 11.2 Å². The Kier molecular flexibility index (Phi) is 10.5. The normalized spacial score (nSPS) is 20.2. The maximum atomic E-state index is 15.8. The van der Waals surface area contributed by atoms with Gasteiger partial charge in [0.05, 0.1) is 18.5 Å². The third kappa shape index (κ3) is 7.84. The van der Waals surface area contributed by atoms with Crippen LogP contribution in [0.5, 0.6) is 11.5 Å². The van der Waals surface area contributed by atoms with E-state index < -0.39 is 46.5 Å². The van der Waals surface area contributed by atoms with Crippen LogP contribution in [0.15, 0.2) is 54.9 Å². The molecule has 2 aromatic carbocycles. The predicted molar refractivity (Wildman–Crippen MR) is 188 cm³/mol. The molecule has 0 amide bonds. The topological polar surface area (TPSA) is 129 Å². The molecule has 12 nitrogen and oxygen atoms in total. The van der Waals surface area contributed by atoms with E-state index in [2.05, 4.69) is 31.9 Å². The highest BCUT2D eigenvalue weighted by molar-refractivity contribution is 7.80. The molecule has 16 heteroatoms. The maximum absolute atomic E-state index is 15.8. The summed E-state index contributed by atoms with van der Waals surface area (Å²) in [5.41, 5.74) is 2.79. The number of aliphatic carboxylic acids is 1. The molecule has 3 aliphatic rings. The van der Waals surface area contributed by atoms with Gasteiger partial charge in [0.25, 0.3) is 11.3 Å². The number of piperazine rings is 1. The summed E-state index contributed by atoms with van der Waals surface area (Å²) in [6.45, 7) is 6.47. The summed E-state index contributed by atoms with van der Waals surface area (Å²) in [5, 5.41) is 10.7. The van der Waals surface area contributed by atoms with Gasteiger partial charge in [-0.2, -0.15) is 4.41 Å². The molecule has 3 aliphatic heterocycles. The second-order valence-corrected chi connectivity index (χ2v) is 14.1. The first-order chi connectivity index (χ1) is 24.6. The van der Waals surface area contributed by atoms with Crippen LogP contribution < -0.4 is 14.1 Å². The minimum absolute atomic E-state index is 0.0917. The number of H-pyrrole nitrogens is 1. The Hall–Kier alpha value is -4.22. The van der Waals surface area contributed by atoms with Crippen LogP contribution in [0.3, 0.4) is 0 Å². The van der Waals surface area contributed by atoms with Crippen molar-refractivity contribution in [3.63, 3.8) is 0 Å². The van der Waals surface area contributed by atoms with E-state index in [-0.39, 0.29) is 31.8 Å². The lowest BCUT2D eigenvalue weighted by atomic mass is 9.96. The number of alkyl halides is 1. The molecule has 7 rings (SSSR count). The number of hydrogen-bond donors (Lipinski definition) is 3. The van der Waals surface area contributed by atoms with Gasteiger partial charge in [-0.3, -0.25) is 19.1 Å². The van der Waals surface area contributed by atoms with Crippen LogP contribution in [0.4, 0.5) is 24.5 Å². The van der Waals surface area contributed by atoms with E-state index in [9.17, 15) is 22.3 Å². The molecule has 0 aliphatic carbocycles. The zero-order chi connectivity index (χ0) is 35.6. The molecule has 272 valence electrons. The predicted octanol–water partition coefficient (Wildman–Crippen LogP) is 5.12. The lowest BCUT2D eigenvalue weighted by molar-refractivity contribution is -0.138. The van der Waals surface area contributed by atoms with Crippen LogP contribution >= 0.6 is 0 Å². The standard InChI is InChI=1S/C35H40F3N7O5S/c36-26-9-12-44(21-26)45(51(48)49)30-6-5-29(37)34(33(30)38)50-31-19-40-35-28(31)17-25(18-39-35)24-1-3-27(4-2-24)43-15-13-42(14-16-43)20-23-7-10-41(11-8-23)22-32(46)47/h1-6,17-19,23,26H,7-16,20-22H2,(H,39,40)(H,46,47)(H,48,49)/t26-/m1/s1. The van der Waals surface area contributed by atoms with Gasteiger partial charge in [-0.1, -0.05) is 12.1 Å². The summed E-state index contributed by atoms with van der Waals surface area (Å²) >= 11 is -2.74. The smallest absolute Gasteiger partial charge is 0.317 e. The monoisotopic (exact) mass is 727 g/mol. The van der Waals surface area contributed by atoms with E-state index in [4.69, 9.17) is 9.84 Å². The minimum Gasteiger partial charge on any atom is -0.480 e. The molecule has 3 saturated heterocycles. The number of aromatic nitrogens is 2. The van der Waals surface area contributed by atoms with Crippen LogP contribution in [0.2, 0.25) is 0 Å². The SMILES string of the molecule is O=C(O)CN1CCC(CN2CCN(c3ccc(-c4cnc5[nH]cc(Oc6c(F)ccc(N(N7CC[C@@H](F)C7)S(=O)O)c6F)c5c4)cc3)CC2)CC1. The van der Waals surface area contributed by atoms with Crippen molar-refractivity contribution in [1.29, 1.82) is 0 Å². The van der Waals surface area contributed by atoms with Gasteiger partial charge in [-0.25, -0.2) is 27.4 Å². The fourth-order valence-electron chi connectivity index (χ4n) is 7.23. The highest BCUT2D eigenvalue weighted by Crippen LogP contribution is 2.38. The van der Waals surface area contributed by atoms with Crippen molar-refractivity contribution in [2.75, 3.05) is 74.8 Å². The summed E-state index contributed by atoms with van der Waals surface area (Å²) in [7, 11) is 0. The fraction of sp³-hybridized carbons (Fsp3) is 0.429. The van der Waals surface area contributed by atoms with E-state index in [0.29, 0.717) is 21.4 Å². The van der Waals surface area contributed by atoms with Crippen molar-refractivity contribution in [2.24, 2.45) is 5.92 Å². The van der Waals surface area contributed by atoms with Crippen molar-refractivity contribution >= 4 is 39.6 Å². The van der Waals surface area contributed by atoms with E-state index in [1.54, 1.807) is 6.20 Å². The summed E-state index contributed by atoms with van der Waals surface area (Å²) in [6.07, 6.45) is 4.07. The van der Waals surface area contributed by atoms with Crippen LogP contribution in [0, 0.1) is 17.6 Å². The summed E-state index contributed by atoms with van der Waals surface area (Å²) in [6, 6.07) is 11.9. The fourth-order valence-corrected chi connectivity index (χ4v) is 7.89. The number of piperidine rings is 1. The van der Waals surface area contributed by atoms with Crippen molar-refractivity contribution in [2.45, 2.75) is 25.4 Å². The average molecular weight is 728 g/mol. The molecule has 0 spiro atoms. The number of ether oxygens (including phenoxy) is 1. The Morgan fingerprint density at radius 1 is 0.980 bits per heavy atom. The van der Waals surface area contributed by atoms with Crippen molar-refractivity contribution in [1.82, 2.24) is 24.8 Å². The zero-order valence-electron chi connectivity index (χ0n) is 27.9. The second-order valence-electron chi connectivity index (χ2n) is 13.3. The molecule has 51 heavy (non-hydrogen) atoms. The number of fused-ring (bicyclic) bond motifs is 1. The molecule has 0 radical (unpaired) electrons. The minimum atomic E-state index is -2.74. The first kappa shape index (κ1) is 35.2. The number of halogens is 3. The Labute approximate surface area is 295 Å². The van der Waals surface area contributed by atoms with Crippen molar-refractivity contribution in [3.8, 4) is 22.6 Å². The van der Waals surface area contributed by atoms with Crippen molar-refractivity contribution < 1.29 is 36.6 Å². The van der Waals surface area contributed by atoms with E-state index in [0.717, 1.165) is 87.6 Å². The Balaban J connectivity index is 1.01. The van der Waals surface area contributed by atoms with Crippen LogP contribution in [-0.4, -0.2) is 116 Å². The molecule has 2 aromatic heterocycles.